The number of amides is 1. The van der Waals surface area contributed by atoms with E-state index in [1.807, 2.05) is 11.9 Å². The lowest BCUT2D eigenvalue weighted by Gasteiger charge is -2.28. The second kappa shape index (κ2) is 6.49. The van der Waals surface area contributed by atoms with Gasteiger partial charge in [-0.15, -0.1) is 0 Å². The van der Waals surface area contributed by atoms with Crippen molar-refractivity contribution in [3.8, 4) is 0 Å². The van der Waals surface area contributed by atoms with E-state index in [0.717, 1.165) is 30.5 Å². The number of hydrogen-bond acceptors (Lipinski definition) is 2. The number of rotatable bonds is 3. The van der Waals surface area contributed by atoms with E-state index in [1.54, 1.807) is 0 Å². The van der Waals surface area contributed by atoms with Crippen LogP contribution in [0.2, 0.25) is 0 Å². The second-order valence-electron chi connectivity index (χ2n) is 6.31. The monoisotopic (exact) mass is 350 g/mol. The van der Waals surface area contributed by atoms with Gasteiger partial charge < -0.3 is 9.80 Å². The van der Waals surface area contributed by atoms with Gasteiger partial charge >= 0.3 is 0 Å². The summed E-state index contributed by atoms with van der Waals surface area (Å²) >= 11 is 3.47. The Hall–Kier alpha value is -0.870. The van der Waals surface area contributed by atoms with Gasteiger partial charge in [-0.3, -0.25) is 4.79 Å². The second-order valence-corrected chi connectivity index (χ2v) is 7.23. The molecule has 21 heavy (non-hydrogen) atoms. The maximum atomic E-state index is 12.5. The van der Waals surface area contributed by atoms with Crippen LogP contribution in [0.3, 0.4) is 0 Å². The predicted octanol–water partition coefficient (Wildman–Crippen LogP) is 3.45. The molecule has 3 nitrogen and oxygen atoms in total. The molecule has 2 aliphatic rings. The Kier molecular flexibility index (Phi) is 4.65. The first kappa shape index (κ1) is 15.0. The highest BCUT2D eigenvalue weighted by Crippen LogP contribution is 2.36. The minimum atomic E-state index is 0.168. The van der Waals surface area contributed by atoms with Gasteiger partial charge in [0.2, 0.25) is 5.91 Å². The first-order chi connectivity index (χ1) is 10.1. The van der Waals surface area contributed by atoms with Crippen molar-refractivity contribution in [2.75, 3.05) is 26.7 Å². The van der Waals surface area contributed by atoms with Crippen LogP contribution < -0.4 is 0 Å². The minimum absolute atomic E-state index is 0.168. The Balaban J connectivity index is 1.68. The van der Waals surface area contributed by atoms with E-state index >= 15 is 0 Å². The van der Waals surface area contributed by atoms with E-state index in [0.29, 0.717) is 5.91 Å². The van der Waals surface area contributed by atoms with Crippen molar-refractivity contribution in [2.24, 2.45) is 5.92 Å². The molecule has 2 heterocycles. The summed E-state index contributed by atoms with van der Waals surface area (Å²) in [6.07, 6.45) is 4.86. The Labute approximate surface area is 135 Å². The molecule has 2 aliphatic heterocycles. The van der Waals surface area contributed by atoms with Crippen molar-refractivity contribution in [3.05, 3.63) is 34.3 Å². The molecule has 4 heteroatoms. The van der Waals surface area contributed by atoms with Gasteiger partial charge in [-0.25, -0.2) is 0 Å². The Morgan fingerprint density at radius 3 is 2.48 bits per heavy atom. The molecule has 1 aromatic rings. The molecule has 1 amide bonds. The zero-order valence-corrected chi connectivity index (χ0v) is 14.2. The molecular formula is C17H23BrN2O. The van der Waals surface area contributed by atoms with Gasteiger partial charge in [-0.05, 0) is 50.0 Å². The molecule has 0 bridgehead atoms. The van der Waals surface area contributed by atoms with E-state index < -0.39 is 0 Å². The number of carbonyl (C=O) groups excluding carboxylic acids is 1. The maximum absolute atomic E-state index is 12.5. The van der Waals surface area contributed by atoms with E-state index in [2.05, 4.69) is 45.1 Å². The smallest absolute Gasteiger partial charge is 0.227 e. The zero-order valence-electron chi connectivity index (χ0n) is 12.6. The fraction of sp³-hybridized carbons (Fsp3) is 0.588. The number of halogens is 1. The molecule has 114 valence electrons. The maximum Gasteiger partial charge on any atom is 0.227 e. The van der Waals surface area contributed by atoms with Gasteiger partial charge in [0.1, 0.15) is 0 Å². The number of hydrogen-bond donors (Lipinski definition) is 0. The standard InChI is InChI=1S/C17H23BrN2O/c1-19-16(13-5-7-15(18)8-6-13)11-14(17(19)21)12-20-9-3-2-4-10-20/h5-8,14,16H,2-4,9-12H2,1H3/t14-,16+/m0/s1. The van der Waals surface area contributed by atoms with Crippen LogP contribution in [0, 0.1) is 5.92 Å². The lowest BCUT2D eigenvalue weighted by atomic mass is 9.98. The van der Waals surface area contributed by atoms with E-state index in [9.17, 15) is 4.79 Å². The number of benzene rings is 1. The number of likely N-dealkylation sites (tertiary alicyclic amines) is 2. The topological polar surface area (TPSA) is 23.6 Å². The van der Waals surface area contributed by atoms with Crippen LogP contribution in [0.1, 0.15) is 37.3 Å². The van der Waals surface area contributed by atoms with E-state index in [1.165, 1.54) is 24.8 Å². The molecule has 2 fully saturated rings. The van der Waals surface area contributed by atoms with Crippen LogP contribution in [0.5, 0.6) is 0 Å². The summed E-state index contributed by atoms with van der Waals surface area (Å²) in [5.74, 6) is 0.482. The van der Waals surface area contributed by atoms with Crippen molar-refractivity contribution in [2.45, 2.75) is 31.7 Å². The van der Waals surface area contributed by atoms with Crippen LogP contribution in [0.25, 0.3) is 0 Å². The molecule has 0 aliphatic carbocycles. The van der Waals surface area contributed by atoms with Crippen molar-refractivity contribution < 1.29 is 4.79 Å². The number of nitrogens with zero attached hydrogens (tertiary/aromatic N) is 2. The largest absolute Gasteiger partial charge is 0.338 e. The van der Waals surface area contributed by atoms with Crippen LogP contribution in [0.15, 0.2) is 28.7 Å². The molecule has 3 rings (SSSR count). The zero-order chi connectivity index (χ0) is 14.8. The lowest BCUT2D eigenvalue weighted by Crippen LogP contribution is -2.36. The number of carbonyl (C=O) groups is 1. The first-order valence-corrected chi connectivity index (χ1v) is 8.69. The van der Waals surface area contributed by atoms with Crippen molar-refractivity contribution in [1.29, 1.82) is 0 Å². The molecule has 0 saturated carbocycles. The van der Waals surface area contributed by atoms with Gasteiger partial charge in [0.15, 0.2) is 0 Å². The summed E-state index contributed by atoms with van der Waals surface area (Å²) < 4.78 is 1.09. The van der Waals surface area contributed by atoms with Crippen molar-refractivity contribution in [1.82, 2.24) is 9.80 Å². The molecule has 2 saturated heterocycles. The van der Waals surface area contributed by atoms with Crippen LogP contribution in [-0.4, -0.2) is 42.4 Å². The molecule has 0 aromatic heterocycles. The molecule has 0 N–H and O–H groups in total. The summed E-state index contributed by atoms with van der Waals surface area (Å²) in [6, 6.07) is 8.61. The van der Waals surface area contributed by atoms with Gasteiger partial charge in [0, 0.05) is 18.1 Å². The van der Waals surface area contributed by atoms with Crippen molar-refractivity contribution >= 4 is 21.8 Å². The third kappa shape index (κ3) is 3.32. The summed E-state index contributed by atoms with van der Waals surface area (Å²) in [4.78, 5) is 16.9. The summed E-state index contributed by atoms with van der Waals surface area (Å²) in [7, 11) is 1.95. The predicted molar refractivity (Wildman–Crippen MR) is 88.1 cm³/mol. The molecule has 0 spiro atoms. The van der Waals surface area contributed by atoms with Crippen molar-refractivity contribution in [3.63, 3.8) is 0 Å². The van der Waals surface area contributed by atoms with Gasteiger partial charge in [0.25, 0.3) is 0 Å². The normalized spacial score (nSPS) is 27.3. The summed E-state index contributed by atoms with van der Waals surface area (Å²) in [5.41, 5.74) is 1.25. The molecule has 0 unspecified atom stereocenters. The van der Waals surface area contributed by atoms with Gasteiger partial charge in [0.05, 0.1) is 12.0 Å². The molecule has 1 aromatic carbocycles. The Bertz CT molecular complexity index is 496. The Morgan fingerprint density at radius 2 is 1.81 bits per heavy atom. The number of piperidine rings is 1. The van der Waals surface area contributed by atoms with Crippen LogP contribution >= 0.6 is 15.9 Å². The van der Waals surface area contributed by atoms with E-state index in [4.69, 9.17) is 0 Å². The summed E-state index contributed by atoms with van der Waals surface area (Å²) in [6.45, 7) is 3.27. The third-order valence-electron chi connectivity index (χ3n) is 4.85. The van der Waals surface area contributed by atoms with Crippen LogP contribution in [0.4, 0.5) is 0 Å². The quantitative estimate of drug-likeness (QED) is 0.833. The van der Waals surface area contributed by atoms with Gasteiger partial charge in [-0.2, -0.15) is 0 Å². The SMILES string of the molecule is CN1C(=O)[C@H](CN2CCCCC2)C[C@@H]1c1ccc(Br)cc1. The third-order valence-corrected chi connectivity index (χ3v) is 5.38. The fourth-order valence-electron chi connectivity index (χ4n) is 3.62. The van der Waals surface area contributed by atoms with Gasteiger partial charge in [-0.1, -0.05) is 34.5 Å². The Morgan fingerprint density at radius 1 is 1.14 bits per heavy atom. The lowest BCUT2D eigenvalue weighted by molar-refractivity contribution is -0.131. The summed E-state index contributed by atoms with van der Waals surface area (Å²) in [5, 5.41) is 0. The average molecular weight is 351 g/mol. The fourth-order valence-corrected chi connectivity index (χ4v) is 3.89. The minimum Gasteiger partial charge on any atom is -0.338 e. The van der Waals surface area contributed by atoms with E-state index in [-0.39, 0.29) is 12.0 Å². The highest BCUT2D eigenvalue weighted by Gasteiger charge is 2.38. The first-order valence-electron chi connectivity index (χ1n) is 7.89. The molecule has 0 radical (unpaired) electrons. The highest BCUT2D eigenvalue weighted by atomic mass is 79.9. The average Bonchev–Trinajstić information content (AvgIpc) is 2.78. The highest BCUT2D eigenvalue weighted by molar-refractivity contribution is 9.10. The molecular weight excluding hydrogens is 328 g/mol. The molecule has 2 atom stereocenters. The van der Waals surface area contributed by atoms with Crippen LogP contribution in [-0.2, 0) is 4.79 Å².